The van der Waals surface area contributed by atoms with Crippen LogP contribution in [-0.2, 0) is 21.4 Å². The van der Waals surface area contributed by atoms with Gasteiger partial charge in [-0.3, -0.25) is 9.10 Å². The third kappa shape index (κ3) is 5.92. The molecule has 2 aromatic carbocycles. The minimum atomic E-state index is -3.88. The molecule has 0 atom stereocenters. The first-order valence-corrected chi connectivity index (χ1v) is 9.96. The Hall–Kier alpha value is -2.68. The molecule has 1 amide bonds. The van der Waals surface area contributed by atoms with Gasteiger partial charge in [0.15, 0.2) is 11.6 Å². The number of amides is 1. The van der Waals surface area contributed by atoms with Crippen molar-refractivity contribution in [2.24, 2.45) is 0 Å². The van der Waals surface area contributed by atoms with E-state index in [0.29, 0.717) is 16.7 Å². The van der Waals surface area contributed by atoms with Crippen molar-refractivity contribution < 1.29 is 26.7 Å². The second kappa shape index (κ2) is 8.81. The van der Waals surface area contributed by atoms with Gasteiger partial charge in [-0.1, -0.05) is 12.1 Å². The fourth-order valence-corrected chi connectivity index (χ4v) is 3.19. The van der Waals surface area contributed by atoms with E-state index in [1.54, 1.807) is 24.3 Å². The van der Waals surface area contributed by atoms with Crippen LogP contribution in [-0.4, -0.2) is 33.7 Å². The molecule has 0 radical (unpaired) electrons. The molecule has 0 saturated carbocycles. The zero-order valence-corrected chi connectivity index (χ0v) is 15.7. The maximum Gasteiger partial charge on any atom is 0.241 e. The van der Waals surface area contributed by atoms with Gasteiger partial charge in [0.05, 0.1) is 18.6 Å². The summed E-state index contributed by atoms with van der Waals surface area (Å²) in [5, 5.41) is 2.60. The summed E-state index contributed by atoms with van der Waals surface area (Å²) in [6.45, 7) is 1.96. The second-order valence-electron chi connectivity index (χ2n) is 5.73. The molecule has 0 saturated heterocycles. The highest BCUT2D eigenvalue weighted by Gasteiger charge is 2.22. The van der Waals surface area contributed by atoms with Crippen LogP contribution in [0.25, 0.3) is 0 Å². The molecule has 1 N–H and O–H groups in total. The Bertz CT molecular complexity index is 919. The number of hydrogen-bond donors (Lipinski definition) is 1. The zero-order valence-electron chi connectivity index (χ0n) is 14.9. The summed E-state index contributed by atoms with van der Waals surface area (Å²) in [6, 6.07) is 9.73. The lowest BCUT2D eigenvalue weighted by atomic mass is 10.2. The van der Waals surface area contributed by atoms with E-state index < -0.39 is 34.1 Å². The van der Waals surface area contributed by atoms with Gasteiger partial charge in [0.1, 0.15) is 12.3 Å². The first-order chi connectivity index (χ1) is 12.7. The average molecular weight is 398 g/mol. The van der Waals surface area contributed by atoms with Gasteiger partial charge in [-0.2, -0.15) is 0 Å². The van der Waals surface area contributed by atoms with E-state index >= 15 is 0 Å². The number of benzene rings is 2. The molecule has 0 heterocycles. The molecule has 2 aromatic rings. The lowest BCUT2D eigenvalue weighted by molar-refractivity contribution is -0.119. The fraction of sp³-hybridized carbons (Fsp3) is 0.278. The van der Waals surface area contributed by atoms with Crippen molar-refractivity contribution in [1.82, 2.24) is 5.32 Å². The molecule has 6 nitrogen and oxygen atoms in total. The van der Waals surface area contributed by atoms with Crippen molar-refractivity contribution in [3.8, 4) is 5.75 Å². The van der Waals surface area contributed by atoms with E-state index in [1.807, 2.05) is 6.92 Å². The minimum Gasteiger partial charge on any atom is -0.494 e. The zero-order chi connectivity index (χ0) is 20.0. The quantitative estimate of drug-likeness (QED) is 0.741. The monoisotopic (exact) mass is 398 g/mol. The van der Waals surface area contributed by atoms with Crippen LogP contribution in [0, 0.1) is 11.6 Å². The van der Waals surface area contributed by atoms with Crippen molar-refractivity contribution >= 4 is 21.6 Å². The number of anilines is 1. The summed E-state index contributed by atoms with van der Waals surface area (Å²) in [6.07, 6.45) is 0.882. The average Bonchev–Trinajstić information content (AvgIpc) is 2.60. The van der Waals surface area contributed by atoms with Gasteiger partial charge in [0.2, 0.25) is 15.9 Å². The highest BCUT2D eigenvalue weighted by molar-refractivity contribution is 7.92. The van der Waals surface area contributed by atoms with E-state index in [4.69, 9.17) is 4.74 Å². The summed E-state index contributed by atoms with van der Waals surface area (Å²) in [5.41, 5.74) is 0.637. The summed E-state index contributed by atoms with van der Waals surface area (Å²) in [4.78, 5) is 12.2. The molecule has 0 spiro atoms. The Morgan fingerprint density at radius 1 is 1.15 bits per heavy atom. The molecule has 0 aliphatic carbocycles. The molecular weight excluding hydrogens is 378 g/mol. The number of hydrogen-bond acceptors (Lipinski definition) is 4. The maximum absolute atomic E-state index is 13.4. The molecular formula is C18H20F2N2O4S. The summed E-state index contributed by atoms with van der Waals surface area (Å²) in [5.74, 6) is -2.24. The predicted molar refractivity (Wildman–Crippen MR) is 98.0 cm³/mol. The van der Waals surface area contributed by atoms with E-state index in [0.717, 1.165) is 30.0 Å². The van der Waals surface area contributed by atoms with Gasteiger partial charge in [-0.15, -0.1) is 0 Å². The molecule has 2 rings (SSSR count). The van der Waals surface area contributed by atoms with Gasteiger partial charge in [0.25, 0.3) is 0 Å². The summed E-state index contributed by atoms with van der Waals surface area (Å²) < 4.78 is 56.5. The standard InChI is InChI=1S/C18H20F2N2O4S/c1-3-26-15-6-4-5-13(9-15)11-21-18(23)12-22(27(2,24)25)14-7-8-16(19)17(20)10-14/h4-10H,3,11-12H2,1-2H3,(H,21,23). The van der Waals surface area contributed by atoms with E-state index in [9.17, 15) is 22.0 Å². The van der Waals surface area contributed by atoms with Gasteiger partial charge >= 0.3 is 0 Å². The van der Waals surface area contributed by atoms with Gasteiger partial charge in [-0.05, 0) is 36.8 Å². The van der Waals surface area contributed by atoms with Crippen molar-refractivity contribution in [2.45, 2.75) is 13.5 Å². The van der Waals surface area contributed by atoms with Gasteiger partial charge in [-0.25, -0.2) is 17.2 Å². The summed E-state index contributed by atoms with van der Waals surface area (Å²) in [7, 11) is -3.88. The Morgan fingerprint density at radius 3 is 2.52 bits per heavy atom. The van der Waals surface area contributed by atoms with Crippen LogP contribution >= 0.6 is 0 Å². The smallest absolute Gasteiger partial charge is 0.241 e. The number of halogens is 2. The molecule has 146 valence electrons. The minimum absolute atomic E-state index is 0.134. The number of nitrogens with zero attached hydrogens (tertiary/aromatic N) is 1. The van der Waals surface area contributed by atoms with Crippen LogP contribution in [0.5, 0.6) is 5.75 Å². The summed E-state index contributed by atoms with van der Waals surface area (Å²) >= 11 is 0. The highest BCUT2D eigenvalue weighted by atomic mass is 32.2. The van der Waals surface area contributed by atoms with Crippen LogP contribution < -0.4 is 14.4 Å². The lowest BCUT2D eigenvalue weighted by Gasteiger charge is -2.22. The van der Waals surface area contributed by atoms with E-state index in [-0.39, 0.29) is 12.2 Å². The maximum atomic E-state index is 13.4. The number of rotatable bonds is 8. The second-order valence-corrected chi connectivity index (χ2v) is 7.63. The van der Waals surface area contributed by atoms with Crippen LogP contribution in [0.15, 0.2) is 42.5 Å². The third-order valence-electron chi connectivity index (χ3n) is 3.58. The molecule has 0 unspecified atom stereocenters. The highest BCUT2D eigenvalue weighted by Crippen LogP contribution is 2.20. The number of carbonyl (C=O) groups excluding carboxylic acids is 1. The molecule has 0 aromatic heterocycles. The van der Waals surface area contributed by atoms with Crippen molar-refractivity contribution in [3.63, 3.8) is 0 Å². The molecule has 0 aliphatic rings. The predicted octanol–water partition coefficient (Wildman–Crippen LogP) is 2.45. The van der Waals surface area contributed by atoms with Crippen molar-refractivity contribution in [2.75, 3.05) is 23.7 Å². The van der Waals surface area contributed by atoms with E-state index in [2.05, 4.69) is 5.32 Å². The van der Waals surface area contributed by atoms with Crippen LogP contribution in [0.3, 0.4) is 0 Å². The van der Waals surface area contributed by atoms with Crippen molar-refractivity contribution in [1.29, 1.82) is 0 Å². The SMILES string of the molecule is CCOc1cccc(CNC(=O)CN(c2ccc(F)c(F)c2)S(C)(=O)=O)c1. The van der Waals surface area contributed by atoms with Gasteiger partial charge in [0, 0.05) is 12.6 Å². The molecule has 0 bridgehead atoms. The lowest BCUT2D eigenvalue weighted by Crippen LogP contribution is -2.40. The number of sulfonamides is 1. The Kier molecular flexibility index (Phi) is 6.73. The molecule has 27 heavy (non-hydrogen) atoms. The Labute approximate surface area is 156 Å². The van der Waals surface area contributed by atoms with Crippen LogP contribution in [0.4, 0.5) is 14.5 Å². The number of carbonyl (C=O) groups is 1. The number of nitrogens with one attached hydrogen (secondary N) is 1. The topological polar surface area (TPSA) is 75.7 Å². The van der Waals surface area contributed by atoms with Gasteiger partial charge < -0.3 is 10.1 Å². The Morgan fingerprint density at radius 2 is 1.89 bits per heavy atom. The van der Waals surface area contributed by atoms with Crippen LogP contribution in [0.1, 0.15) is 12.5 Å². The first-order valence-electron chi connectivity index (χ1n) is 8.12. The van der Waals surface area contributed by atoms with Crippen molar-refractivity contribution in [3.05, 3.63) is 59.7 Å². The molecule has 0 aliphatic heterocycles. The largest absolute Gasteiger partial charge is 0.494 e. The normalized spacial score (nSPS) is 11.1. The molecule has 9 heteroatoms. The van der Waals surface area contributed by atoms with Crippen LogP contribution in [0.2, 0.25) is 0 Å². The Balaban J connectivity index is 2.08. The fourth-order valence-electron chi connectivity index (χ4n) is 2.34. The first kappa shape index (κ1) is 20.6. The molecule has 0 fully saturated rings. The van der Waals surface area contributed by atoms with E-state index in [1.165, 1.54) is 0 Å². The number of ether oxygens (including phenoxy) is 1. The third-order valence-corrected chi connectivity index (χ3v) is 4.72.